The summed E-state index contributed by atoms with van der Waals surface area (Å²) in [7, 11) is 0. The van der Waals surface area contributed by atoms with Crippen LogP contribution in [0.3, 0.4) is 0 Å². The Morgan fingerprint density at radius 2 is 1.16 bits per heavy atom. The Balaban J connectivity index is 1.28. The van der Waals surface area contributed by atoms with Crippen LogP contribution >= 0.6 is 12.2 Å². The highest BCUT2D eigenvalue weighted by atomic mass is 32.1. The molecule has 28 heteroatoms. The number of hydrogen-bond acceptors (Lipinski definition) is 16. The number of carbonyl (C=O) groups excluding carboxylic acids is 5. The average molecular weight is 1130 g/mol. The second-order valence-electron chi connectivity index (χ2n) is 19.5. The van der Waals surface area contributed by atoms with Gasteiger partial charge in [0.2, 0.25) is 29.5 Å². The lowest BCUT2D eigenvalue weighted by Gasteiger charge is -2.34. The maximum Gasteiger partial charge on any atom is 0.326 e. The van der Waals surface area contributed by atoms with Crippen LogP contribution in [-0.4, -0.2) is 216 Å². The van der Waals surface area contributed by atoms with Crippen molar-refractivity contribution in [2.24, 2.45) is 11.8 Å². The Hall–Kier alpha value is -7.82. The Morgan fingerprint density at radius 1 is 0.633 bits per heavy atom. The van der Waals surface area contributed by atoms with Gasteiger partial charge in [-0.25, -0.2) is 4.79 Å². The maximum atomic E-state index is 13.6. The van der Waals surface area contributed by atoms with Crippen molar-refractivity contribution in [2.45, 2.75) is 88.8 Å². The number of carboxylic acid groups (broad SMARTS) is 6. The van der Waals surface area contributed by atoms with E-state index in [0.29, 0.717) is 61.9 Å². The Morgan fingerprint density at radius 3 is 1.72 bits per heavy atom. The van der Waals surface area contributed by atoms with Gasteiger partial charge in [0.15, 0.2) is 5.11 Å². The molecule has 1 aliphatic carbocycles. The lowest BCUT2D eigenvalue weighted by molar-refractivity contribution is -0.144. The van der Waals surface area contributed by atoms with E-state index in [1.54, 1.807) is 24.3 Å². The van der Waals surface area contributed by atoms with Crippen molar-refractivity contribution in [2.75, 3.05) is 77.3 Å². The van der Waals surface area contributed by atoms with Crippen molar-refractivity contribution in [1.82, 2.24) is 40.9 Å². The topological polar surface area (TPSA) is 402 Å². The zero-order valence-electron chi connectivity index (χ0n) is 43.4. The molecule has 1 saturated heterocycles. The van der Waals surface area contributed by atoms with Crippen molar-refractivity contribution in [3.8, 4) is 5.75 Å². The van der Waals surface area contributed by atoms with Crippen molar-refractivity contribution in [3.63, 3.8) is 0 Å². The van der Waals surface area contributed by atoms with Crippen LogP contribution in [0.4, 0.5) is 5.69 Å². The molecule has 1 saturated carbocycles. The molecule has 2 aromatic carbocycles. The molecule has 27 nitrogen and oxygen atoms in total. The molecule has 0 spiro atoms. The van der Waals surface area contributed by atoms with Gasteiger partial charge < -0.3 is 62.3 Å². The smallest absolute Gasteiger partial charge is 0.326 e. The summed E-state index contributed by atoms with van der Waals surface area (Å²) in [5.74, 6) is -10.5. The van der Waals surface area contributed by atoms with Crippen molar-refractivity contribution >= 4 is 88.4 Å². The summed E-state index contributed by atoms with van der Waals surface area (Å²) < 4.78 is 0. The third-order valence-corrected chi connectivity index (χ3v) is 13.5. The number of thiocarbonyl (C=S) groups is 1. The van der Waals surface area contributed by atoms with Crippen LogP contribution in [0.25, 0.3) is 0 Å². The minimum absolute atomic E-state index is 0.00740. The first-order valence-electron chi connectivity index (χ1n) is 25.6. The van der Waals surface area contributed by atoms with Gasteiger partial charge in [0.1, 0.15) is 17.8 Å². The monoisotopic (exact) mass is 1130 g/mol. The number of benzene rings is 2. The number of phenols is 1. The lowest BCUT2D eigenvalue weighted by atomic mass is 9.81. The second-order valence-corrected chi connectivity index (χ2v) is 19.9. The van der Waals surface area contributed by atoms with Crippen LogP contribution in [0, 0.1) is 11.8 Å². The number of aliphatic carboxylic acids is 6. The number of aromatic hydroxyl groups is 1. The lowest BCUT2D eigenvalue weighted by Crippen LogP contribution is -2.54. The van der Waals surface area contributed by atoms with Gasteiger partial charge in [-0.3, -0.25) is 67.5 Å². The summed E-state index contributed by atoms with van der Waals surface area (Å²) in [6.07, 6.45) is 3.30. The number of phenolic OH excluding ortho intramolecular Hbond substituents is 1. The molecule has 1 unspecified atom stereocenters. The molecule has 2 aromatic rings. The fourth-order valence-electron chi connectivity index (χ4n) is 9.28. The van der Waals surface area contributed by atoms with Crippen LogP contribution in [0.1, 0.15) is 68.9 Å². The minimum Gasteiger partial charge on any atom is -0.508 e. The molecule has 5 amide bonds. The number of carbonyl (C=O) groups is 11. The quantitative estimate of drug-likeness (QED) is 0.0234. The zero-order valence-corrected chi connectivity index (χ0v) is 44.2. The highest BCUT2D eigenvalue weighted by Crippen LogP contribution is 2.31. The molecular formula is C51H69N9O18S. The van der Waals surface area contributed by atoms with E-state index in [1.165, 1.54) is 34.1 Å². The zero-order chi connectivity index (χ0) is 58.2. The molecule has 1 aliphatic heterocycles. The summed E-state index contributed by atoms with van der Waals surface area (Å²) >= 11 is 5.44. The number of rotatable bonds is 35. The number of anilines is 1. The van der Waals surface area contributed by atoms with Gasteiger partial charge in [-0.15, -0.1) is 0 Å². The number of carboxylic acids is 6. The normalized spacial score (nSPS) is 16.4. The number of nitrogens with zero attached hydrogens (tertiary/aromatic N) is 4. The third-order valence-electron chi connectivity index (χ3n) is 13.2. The predicted molar refractivity (Wildman–Crippen MR) is 282 cm³/mol. The van der Waals surface area contributed by atoms with Crippen LogP contribution in [0.2, 0.25) is 0 Å². The summed E-state index contributed by atoms with van der Waals surface area (Å²) in [4.78, 5) is 139. The number of amides is 5. The molecule has 2 aliphatic rings. The molecule has 2 fully saturated rings. The molecule has 0 aromatic heterocycles. The Labute approximate surface area is 459 Å². The molecule has 12 N–H and O–H groups in total. The number of imide groups is 1. The summed E-state index contributed by atoms with van der Waals surface area (Å²) in [5, 5.41) is 81.1. The predicted octanol–water partition coefficient (Wildman–Crippen LogP) is -0.542. The summed E-state index contributed by atoms with van der Waals surface area (Å²) in [6, 6.07) is 8.90. The number of nitrogens with one attached hydrogen (secondary N) is 5. The largest absolute Gasteiger partial charge is 0.508 e. The summed E-state index contributed by atoms with van der Waals surface area (Å²) in [5.41, 5.74) is 1.63. The van der Waals surface area contributed by atoms with Gasteiger partial charge in [-0.05, 0) is 105 Å². The van der Waals surface area contributed by atoms with E-state index in [9.17, 15) is 88.5 Å². The fourth-order valence-corrected chi connectivity index (χ4v) is 9.50. The van der Waals surface area contributed by atoms with E-state index in [1.807, 2.05) is 0 Å². The Kier molecular flexibility index (Phi) is 25.9. The fraction of sp³-hybridized carbons (Fsp3) is 0.529. The average Bonchev–Trinajstić information content (AvgIpc) is 3.69. The standard InChI is InChI=1S/C51H69N9O18S/c61-37-14-8-32(9-15-37)22-39(55-40(62)23-53-48(75)34-10-4-33(5-11-34)24-60-41(63)16-17-42(60)64)49(76)56-38(50(77)78)3-1-2-18-52-51(79)54-35-12-6-31(7-13-35)21-36(59(29-46(71)72)30-47(73)74)25-57(26-43(65)66)19-20-58(27-44(67)68)28-45(69)70/h6-9,12-15,33-34,36,38-39,61H,1-5,10-11,16-30H2,(H,53,75)(H,55,62)(H,56,76)(H,65,66)(H,67,68)(H,69,70)(H,71,72)(H,73,74)(H,77,78)(H2,52,54,79)/t33?,34?,36?,38-,39-/m1/s1. The molecule has 1 heterocycles. The van der Waals surface area contributed by atoms with E-state index in [0.717, 1.165) is 9.80 Å². The van der Waals surface area contributed by atoms with E-state index >= 15 is 0 Å². The Bertz CT molecular complexity index is 2440. The number of likely N-dealkylation sites (tertiary alicyclic amines) is 1. The first kappa shape index (κ1) is 63.7. The van der Waals surface area contributed by atoms with Crippen LogP contribution < -0.4 is 26.6 Å². The first-order valence-corrected chi connectivity index (χ1v) is 26.0. The summed E-state index contributed by atoms with van der Waals surface area (Å²) in [6.45, 7) is -3.76. The molecular weight excluding hydrogens is 1060 g/mol. The molecule has 4 rings (SSSR count). The molecule has 79 heavy (non-hydrogen) atoms. The second kappa shape index (κ2) is 32.2. The maximum absolute atomic E-state index is 13.6. The first-order chi connectivity index (χ1) is 37.4. The van der Waals surface area contributed by atoms with Crippen molar-refractivity contribution < 1.29 is 88.5 Å². The number of unbranched alkanes of at least 4 members (excludes halogenated alkanes) is 1. The van der Waals surface area contributed by atoms with Crippen LogP contribution in [0.15, 0.2) is 48.5 Å². The minimum atomic E-state index is -1.36. The molecule has 0 bridgehead atoms. The highest BCUT2D eigenvalue weighted by Gasteiger charge is 2.34. The third kappa shape index (κ3) is 23.8. The van der Waals surface area contributed by atoms with E-state index in [2.05, 4.69) is 26.6 Å². The van der Waals surface area contributed by atoms with Crippen LogP contribution in [0.5, 0.6) is 5.75 Å². The molecule has 0 radical (unpaired) electrons. The van der Waals surface area contributed by atoms with Gasteiger partial charge >= 0.3 is 35.8 Å². The van der Waals surface area contributed by atoms with Crippen molar-refractivity contribution in [3.05, 3.63) is 59.7 Å². The van der Waals surface area contributed by atoms with E-state index in [4.69, 9.17) is 12.2 Å². The molecule has 432 valence electrons. The van der Waals surface area contributed by atoms with Gasteiger partial charge in [-0.2, -0.15) is 0 Å². The van der Waals surface area contributed by atoms with Gasteiger partial charge in [0, 0.05) is 69.6 Å². The van der Waals surface area contributed by atoms with Crippen molar-refractivity contribution in [1.29, 1.82) is 0 Å². The van der Waals surface area contributed by atoms with E-state index < -0.39 is 111 Å². The van der Waals surface area contributed by atoms with Gasteiger partial charge in [0.05, 0.1) is 39.3 Å². The SMILES string of the molecule is O=C(O)CN(CCN(CC(=O)O)CC(Cc1ccc(NC(=S)NCCCC[C@@H](NC(=O)[C@@H](Cc2ccc(O)cc2)NC(=O)CNC(=O)C2CCC(CN3C(=O)CCC3=O)CC2)C(=O)O)cc1)N(CC(=O)O)CC(=O)O)CC(=O)O. The van der Waals surface area contributed by atoms with Gasteiger partial charge in [0.25, 0.3) is 0 Å². The number of hydrogen-bond donors (Lipinski definition) is 12. The molecule has 3 atom stereocenters. The highest BCUT2D eigenvalue weighted by molar-refractivity contribution is 7.80. The van der Waals surface area contributed by atoms with Crippen LogP contribution in [-0.2, 0) is 65.6 Å². The van der Waals surface area contributed by atoms with E-state index in [-0.39, 0.29) is 92.8 Å². The van der Waals surface area contributed by atoms with Gasteiger partial charge in [-0.1, -0.05) is 24.3 Å².